The Labute approximate surface area is 175 Å². The molecule has 0 unspecified atom stereocenters. The highest BCUT2D eigenvalue weighted by molar-refractivity contribution is 5.62. The van der Waals surface area contributed by atoms with Crippen molar-refractivity contribution in [1.82, 2.24) is 24.5 Å². The number of aromatic nitrogens is 4. The predicted octanol–water partition coefficient (Wildman–Crippen LogP) is 3.48. The number of benzene rings is 2. The highest BCUT2D eigenvalue weighted by atomic mass is 16.5. The first-order valence-corrected chi connectivity index (χ1v) is 9.63. The zero-order valence-corrected chi connectivity index (χ0v) is 17.2. The van der Waals surface area contributed by atoms with Crippen molar-refractivity contribution in [3.8, 4) is 22.9 Å². The molecule has 4 aromatic rings. The summed E-state index contributed by atoms with van der Waals surface area (Å²) in [4.78, 5) is 11.1. The lowest BCUT2D eigenvalue weighted by atomic mass is 10.2. The molecule has 2 heterocycles. The largest absolute Gasteiger partial charge is 0.497 e. The zero-order chi connectivity index (χ0) is 20.9. The van der Waals surface area contributed by atoms with Crippen molar-refractivity contribution < 1.29 is 9.47 Å². The molecule has 0 atom stereocenters. The van der Waals surface area contributed by atoms with Gasteiger partial charge in [0.1, 0.15) is 18.1 Å². The molecular weight excluding hydrogens is 380 g/mol. The molecule has 0 radical (unpaired) electrons. The Bertz CT molecular complexity index is 1110. The summed E-state index contributed by atoms with van der Waals surface area (Å²) in [6, 6.07) is 17.3. The Morgan fingerprint density at radius 1 is 0.967 bits per heavy atom. The average Bonchev–Trinajstić information content (AvgIpc) is 3.17. The number of likely N-dealkylation sites (N-methyl/N-ethyl adjacent to an activating group) is 1. The van der Waals surface area contributed by atoms with Gasteiger partial charge >= 0.3 is 0 Å². The van der Waals surface area contributed by atoms with Crippen LogP contribution < -0.4 is 14.8 Å². The number of anilines is 2. The smallest absolute Gasteiger partial charge is 0.247 e. The van der Waals surface area contributed by atoms with Crippen molar-refractivity contribution in [2.75, 3.05) is 39.7 Å². The molecule has 8 heteroatoms. The second-order valence-electron chi connectivity index (χ2n) is 7.00. The van der Waals surface area contributed by atoms with Crippen molar-refractivity contribution in [1.29, 1.82) is 0 Å². The molecule has 4 rings (SSSR count). The first kappa shape index (κ1) is 19.7. The Morgan fingerprint density at radius 2 is 1.70 bits per heavy atom. The van der Waals surface area contributed by atoms with Gasteiger partial charge in [0, 0.05) is 30.1 Å². The number of rotatable bonds is 8. The van der Waals surface area contributed by atoms with Gasteiger partial charge < -0.3 is 19.7 Å². The number of nitrogens with one attached hydrogen (secondary N) is 1. The molecule has 0 aliphatic rings. The summed E-state index contributed by atoms with van der Waals surface area (Å²) in [6.45, 7) is 1.52. The molecular formula is C22H24N6O2. The van der Waals surface area contributed by atoms with Crippen LogP contribution in [0.2, 0.25) is 0 Å². The van der Waals surface area contributed by atoms with E-state index in [1.165, 1.54) is 0 Å². The molecule has 2 aromatic carbocycles. The number of hydrogen-bond acceptors (Lipinski definition) is 7. The molecule has 0 aliphatic heterocycles. The van der Waals surface area contributed by atoms with Crippen LogP contribution in [0.3, 0.4) is 0 Å². The average molecular weight is 404 g/mol. The summed E-state index contributed by atoms with van der Waals surface area (Å²) in [6.07, 6.45) is 1.73. The van der Waals surface area contributed by atoms with Gasteiger partial charge in [0.25, 0.3) is 0 Å². The summed E-state index contributed by atoms with van der Waals surface area (Å²) in [5, 5.41) is 7.82. The third kappa shape index (κ3) is 4.49. The van der Waals surface area contributed by atoms with Crippen LogP contribution in [0.15, 0.2) is 60.8 Å². The predicted molar refractivity (Wildman–Crippen MR) is 117 cm³/mol. The lowest BCUT2D eigenvalue weighted by Crippen LogP contribution is -2.19. The topological polar surface area (TPSA) is 76.8 Å². The Kier molecular flexibility index (Phi) is 5.76. The van der Waals surface area contributed by atoms with E-state index >= 15 is 0 Å². The minimum absolute atomic E-state index is 0.499. The van der Waals surface area contributed by atoms with Crippen LogP contribution in [-0.2, 0) is 0 Å². The lowest BCUT2D eigenvalue weighted by Gasteiger charge is -2.11. The molecule has 8 nitrogen and oxygen atoms in total. The summed E-state index contributed by atoms with van der Waals surface area (Å²) in [7, 11) is 5.69. The van der Waals surface area contributed by atoms with E-state index < -0.39 is 0 Å². The van der Waals surface area contributed by atoms with Gasteiger partial charge in [0.2, 0.25) is 5.95 Å². The van der Waals surface area contributed by atoms with Crippen molar-refractivity contribution in [2.24, 2.45) is 0 Å². The minimum Gasteiger partial charge on any atom is -0.497 e. The van der Waals surface area contributed by atoms with E-state index in [0.717, 1.165) is 29.3 Å². The Balaban J connectivity index is 1.51. The SMILES string of the molecule is COc1ccc(-c2nccc3nc(Nc4ccc(OCCN(C)C)cc4)nn23)cc1. The fraction of sp³-hybridized carbons (Fsp3) is 0.227. The van der Waals surface area contributed by atoms with E-state index in [0.29, 0.717) is 24.0 Å². The molecule has 0 fully saturated rings. The number of fused-ring (bicyclic) bond motifs is 1. The van der Waals surface area contributed by atoms with Gasteiger partial charge in [0.05, 0.1) is 7.11 Å². The maximum Gasteiger partial charge on any atom is 0.247 e. The van der Waals surface area contributed by atoms with Gasteiger partial charge in [-0.1, -0.05) is 0 Å². The number of hydrogen-bond donors (Lipinski definition) is 1. The summed E-state index contributed by atoms with van der Waals surface area (Å²) in [5.41, 5.74) is 2.52. The van der Waals surface area contributed by atoms with Gasteiger partial charge in [-0.3, -0.25) is 0 Å². The van der Waals surface area contributed by atoms with Gasteiger partial charge in [-0.25, -0.2) is 4.98 Å². The first-order chi connectivity index (χ1) is 14.6. The van der Waals surface area contributed by atoms with E-state index in [-0.39, 0.29) is 0 Å². The maximum absolute atomic E-state index is 5.73. The number of methoxy groups -OCH3 is 1. The summed E-state index contributed by atoms with van der Waals surface area (Å²) >= 11 is 0. The number of nitrogens with zero attached hydrogens (tertiary/aromatic N) is 5. The van der Waals surface area contributed by atoms with Crippen molar-refractivity contribution >= 4 is 17.3 Å². The summed E-state index contributed by atoms with van der Waals surface area (Å²) < 4.78 is 12.7. The monoisotopic (exact) mass is 404 g/mol. The molecule has 0 aliphatic carbocycles. The van der Waals surface area contributed by atoms with E-state index in [4.69, 9.17) is 9.47 Å². The number of ether oxygens (including phenoxy) is 2. The molecule has 0 bridgehead atoms. The molecule has 154 valence electrons. The molecule has 0 spiro atoms. The van der Waals surface area contributed by atoms with Crippen LogP contribution in [0.25, 0.3) is 17.0 Å². The molecule has 1 N–H and O–H groups in total. The second-order valence-corrected chi connectivity index (χ2v) is 7.00. The van der Waals surface area contributed by atoms with Gasteiger partial charge in [0.15, 0.2) is 11.5 Å². The fourth-order valence-electron chi connectivity index (χ4n) is 2.92. The molecule has 2 aromatic heterocycles. The van der Waals surface area contributed by atoms with Crippen LogP contribution in [0.4, 0.5) is 11.6 Å². The quantitative estimate of drug-likeness (QED) is 0.482. The van der Waals surface area contributed by atoms with Crippen LogP contribution >= 0.6 is 0 Å². The first-order valence-electron chi connectivity index (χ1n) is 9.63. The van der Waals surface area contributed by atoms with Gasteiger partial charge in [-0.2, -0.15) is 9.50 Å². The second kappa shape index (κ2) is 8.79. The molecule has 0 saturated carbocycles. The third-order valence-electron chi connectivity index (χ3n) is 4.52. The van der Waals surface area contributed by atoms with Crippen LogP contribution in [0.1, 0.15) is 0 Å². The highest BCUT2D eigenvalue weighted by Gasteiger charge is 2.10. The molecule has 30 heavy (non-hydrogen) atoms. The minimum atomic E-state index is 0.499. The van der Waals surface area contributed by atoms with Crippen molar-refractivity contribution in [2.45, 2.75) is 0 Å². The van der Waals surface area contributed by atoms with Crippen molar-refractivity contribution in [3.63, 3.8) is 0 Å². The van der Waals surface area contributed by atoms with Crippen LogP contribution in [0.5, 0.6) is 11.5 Å². The van der Waals surface area contributed by atoms with E-state index in [1.807, 2.05) is 68.7 Å². The standard InChI is InChI=1S/C22H24N6O2/c1-27(2)14-15-30-19-10-6-17(7-11-19)24-22-25-20-12-13-23-21(28(20)26-22)16-4-8-18(29-3)9-5-16/h4-13H,14-15H2,1-3H3,(H,24,26). The Hall–Kier alpha value is -3.65. The maximum atomic E-state index is 5.73. The fourth-order valence-corrected chi connectivity index (χ4v) is 2.92. The molecule has 0 saturated heterocycles. The van der Waals surface area contributed by atoms with E-state index in [9.17, 15) is 0 Å². The third-order valence-corrected chi connectivity index (χ3v) is 4.52. The van der Waals surface area contributed by atoms with Crippen LogP contribution in [0, 0.1) is 0 Å². The Morgan fingerprint density at radius 3 is 2.40 bits per heavy atom. The lowest BCUT2D eigenvalue weighted by molar-refractivity contribution is 0.261. The highest BCUT2D eigenvalue weighted by Crippen LogP contribution is 2.23. The normalized spacial score (nSPS) is 11.1. The molecule has 0 amide bonds. The summed E-state index contributed by atoms with van der Waals surface area (Å²) in [5.74, 6) is 2.83. The van der Waals surface area contributed by atoms with Crippen LogP contribution in [-0.4, -0.2) is 58.8 Å². The van der Waals surface area contributed by atoms with Crippen molar-refractivity contribution in [3.05, 3.63) is 60.8 Å². The van der Waals surface area contributed by atoms with Gasteiger partial charge in [-0.15, -0.1) is 5.10 Å². The van der Waals surface area contributed by atoms with E-state index in [2.05, 4.69) is 25.3 Å². The van der Waals surface area contributed by atoms with Gasteiger partial charge in [-0.05, 0) is 62.6 Å². The van der Waals surface area contributed by atoms with E-state index in [1.54, 1.807) is 17.8 Å². The zero-order valence-electron chi connectivity index (χ0n) is 17.2.